The molecule has 0 saturated heterocycles. The van der Waals surface area contributed by atoms with E-state index in [2.05, 4.69) is 12.4 Å². The molecule has 2 nitrogen and oxygen atoms in total. The zero-order valence-corrected chi connectivity index (χ0v) is 9.07. The molecule has 0 radical (unpaired) electrons. The fourth-order valence-electron chi connectivity index (χ4n) is 2.35. The fraction of sp³-hybridized carbons (Fsp3) is 0.900. The van der Waals surface area contributed by atoms with E-state index in [9.17, 15) is 0 Å². The normalized spacial score (nSPS) is 21.1. The van der Waals surface area contributed by atoms with Gasteiger partial charge in [0.1, 0.15) is 4.99 Å². The Morgan fingerprint density at radius 2 is 2.08 bits per heavy atom. The summed E-state index contributed by atoms with van der Waals surface area (Å²) in [6, 6.07) is 0. The van der Waals surface area contributed by atoms with Gasteiger partial charge in [0.2, 0.25) is 0 Å². The van der Waals surface area contributed by atoms with Crippen molar-refractivity contribution in [1.82, 2.24) is 5.48 Å². The molecule has 0 heterocycles. The van der Waals surface area contributed by atoms with Crippen LogP contribution < -0.4 is 5.48 Å². The van der Waals surface area contributed by atoms with Gasteiger partial charge in [-0.15, -0.1) is 0 Å². The van der Waals surface area contributed by atoms with Crippen LogP contribution in [-0.4, -0.2) is 10.2 Å². The molecule has 1 atom stereocenters. The molecule has 1 aliphatic carbocycles. The molecule has 2 N–H and O–H groups in total. The first-order valence-corrected chi connectivity index (χ1v) is 5.64. The minimum absolute atomic E-state index is 0.389. The van der Waals surface area contributed by atoms with E-state index >= 15 is 0 Å². The molecule has 1 unspecified atom stereocenters. The molecule has 0 amide bonds. The summed E-state index contributed by atoms with van der Waals surface area (Å²) >= 11 is 5.10. The van der Waals surface area contributed by atoms with Crippen LogP contribution in [0.1, 0.15) is 45.4 Å². The Labute approximate surface area is 85.7 Å². The van der Waals surface area contributed by atoms with Gasteiger partial charge in [-0.1, -0.05) is 38.4 Å². The van der Waals surface area contributed by atoms with Crippen LogP contribution in [0, 0.1) is 11.8 Å². The Kier molecular flexibility index (Phi) is 4.67. The lowest BCUT2D eigenvalue weighted by Gasteiger charge is -2.29. The summed E-state index contributed by atoms with van der Waals surface area (Å²) in [5.41, 5.74) is 2.14. The van der Waals surface area contributed by atoms with Gasteiger partial charge in [-0.25, -0.2) is 0 Å². The fourth-order valence-corrected chi connectivity index (χ4v) is 2.71. The molecule has 0 aromatic carbocycles. The average molecular weight is 201 g/mol. The van der Waals surface area contributed by atoms with E-state index in [1.165, 1.54) is 32.1 Å². The zero-order valence-electron chi connectivity index (χ0n) is 8.25. The van der Waals surface area contributed by atoms with Crippen LogP contribution in [0.3, 0.4) is 0 Å². The molecule has 1 aliphatic rings. The Balaban J connectivity index is 2.48. The Morgan fingerprint density at radius 3 is 2.54 bits per heavy atom. The number of rotatable bonds is 3. The molecule has 1 saturated carbocycles. The van der Waals surface area contributed by atoms with E-state index in [1.54, 1.807) is 0 Å². The minimum Gasteiger partial charge on any atom is -0.291 e. The van der Waals surface area contributed by atoms with Crippen molar-refractivity contribution in [3.8, 4) is 0 Å². The van der Waals surface area contributed by atoms with Crippen LogP contribution >= 0.6 is 12.2 Å². The predicted octanol–water partition coefficient (Wildman–Crippen LogP) is 2.90. The minimum atomic E-state index is 0.389. The summed E-state index contributed by atoms with van der Waals surface area (Å²) in [7, 11) is 0. The molecule has 76 valence electrons. The van der Waals surface area contributed by atoms with E-state index in [1.807, 2.05) is 0 Å². The van der Waals surface area contributed by atoms with Gasteiger partial charge in [0.15, 0.2) is 0 Å². The maximum atomic E-state index is 8.78. The number of nitrogens with one attached hydrogen (secondary N) is 1. The summed E-state index contributed by atoms with van der Waals surface area (Å²) in [4.78, 5) is 0.634. The van der Waals surface area contributed by atoms with Crippen molar-refractivity contribution in [1.29, 1.82) is 0 Å². The maximum Gasteiger partial charge on any atom is 0.103 e. The van der Waals surface area contributed by atoms with E-state index in [-0.39, 0.29) is 0 Å². The van der Waals surface area contributed by atoms with Crippen LogP contribution in [0.4, 0.5) is 0 Å². The topological polar surface area (TPSA) is 32.3 Å². The molecule has 0 bridgehead atoms. The second kappa shape index (κ2) is 5.55. The van der Waals surface area contributed by atoms with Crippen molar-refractivity contribution >= 4 is 17.2 Å². The van der Waals surface area contributed by atoms with Gasteiger partial charge in [-0.05, 0) is 25.2 Å². The smallest absolute Gasteiger partial charge is 0.103 e. The first-order valence-electron chi connectivity index (χ1n) is 5.23. The quantitative estimate of drug-likeness (QED) is 0.544. The highest BCUT2D eigenvalue weighted by atomic mass is 32.1. The highest BCUT2D eigenvalue weighted by molar-refractivity contribution is 7.80. The Morgan fingerprint density at radius 1 is 1.46 bits per heavy atom. The van der Waals surface area contributed by atoms with E-state index in [0.717, 1.165) is 6.42 Å². The molecule has 0 aromatic rings. The molecule has 0 aliphatic heterocycles. The number of hydroxylamine groups is 1. The first-order chi connectivity index (χ1) is 6.29. The zero-order chi connectivity index (χ0) is 9.68. The van der Waals surface area contributed by atoms with E-state index < -0.39 is 0 Å². The molecule has 0 spiro atoms. The van der Waals surface area contributed by atoms with Crippen molar-refractivity contribution in [2.75, 3.05) is 0 Å². The van der Waals surface area contributed by atoms with Gasteiger partial charge in [-0.2, -0.15) is 0 Å². The highest BCUT2D eigenvalue weighted by Crippen LogP contribution is 2.32. The molecule has 0 aromatic heterocycles. The second-order valence-electron chi connectivity index (χ2n) is 3.89. The summed E-state index contributed by atoms with van der Waals surface area (Å²) in [5, 5.41) is 8.78. The van der Waals surface area contributed by atoms with Crippen LogP contribution in [0.2, 0.25) is 0 Å². The van der Waals surface area contributed by atoms with Crippen LogP contribution in [0.15, 0.2) is 0 Å². The van der Waals surface area contributed by atoms with Crippen molar-refractivity contribution in [2.45, 2.75) is 45.4 Å². The Bertz CT molecular complexity index is 166. The van der Waals surface area contributed by atoms with Gasteiger partial charge >= 0.3 is 0 Å². The van der Waals surface area contributed by atoms with Crippen molar-refractivity contribution in [2.24, 2.45) is 11.8 Å². The van der Waals surface area contributed by atoms with E-state index in [4.69, 9.17) is 17.4 Å². The number of hydrogen-bond donors (Lipinski definition) is 2. The van der Waals surface area contributed by atoms with Crippen LogP contribution in [0.25, 0.3) is 0 Å². The van der Waals surface area contributed by atoms with Gasteiger partial charge in [0.05, 0.1) is 0 Å². The van der Waals surface area contributed by atoms with Gasteiger partial charge in [-0.3, -0.25) is 10.7 Å². The first kappa shape index (κ1) is 10.9. The van der Waals surface area contributed by atoms with Gasteiger partial charge < -0.3 is 0 Å². The highest BCUT2D eigenvalue weighted by Gasteiger charge is 2.25. The molecular weight excluding hydrogens is 182 g/mol. The molecular formula is C10H19NOS. The molecule has 1 fully saturated rings. The van der Waals surface area contributed by atoms with Crippen molar-refractivity contribution < 1.29 is 5.21 Å². The average Bonchev–Trinajstić information content (AvgIpc) is 2.20. The lowest BCUT2D eigenvalue weighted by Crippen LogP contribution is -2.32. The molecule has 13 heavy (non-hydrogen) atoms. The Hall–Kier alpha value is -0.150. The maximum absolute atomic E-state index is 8.78. The summed E-state index contributed by atoms with van der Waals surface area (Å²) in [5.74, 6) is 1.09. The van der Waals surface area contributed by atoms with Gasteiger partial charge in [0.25, 0.3) is 0 Å². The third-order valence-corrected chi connectivity index (χ3v) is 3.50. The lowest BCUT2D eigenvalue weighted by atomic mass is 9.79. The summed E-state index contributed by atoms with van der Waals surface area (Å²) in [6.45, 7) is 2.14. The number of thiocarbonyl (C=S) groups is 1. The summed E-state index contributed by atoms with van der Waals surface area (Å²) in [6.07, 6.45) is 7.62. The van der Waals surface area contributed by atoms with E-state index in [0.29, 0.717) is 16.8 Å². The summed E-state index contributed by atoms with van der Waals surface area (Å²) < 4.78 is 0. The third kappa shape index (κ3) is 2.92. The largest absolute Gasteiger partial charge is 0.291 e. The third-order valence-electron chi connectivity index (χ3n) is 3.11. The van der Waals surface area contributed by atoms with Crippen molar-refractivity contribution in [3.63, 3.8) is 0 Å². The van der Waals surface area contributed by atoms with Crippen molar-refractivity contribution in [3.05, 3.63) is 0 Å². The standard InChI is InChI=1S/C10H19NOS/c1-2-9(10(13)11-12)8-6-4-3-5-7-8/h8-9,12H,2-7H2,1H3,(H,11,13). The molecule has 3 heteroatoms. The molecule has 1 rings (SSSR count). The van der Waals surface area contributed by atoms with Gasteiger partial charge in [0, 0.05) is 5.92 Å². The predicted molar refractivity (Wildman–Crippen MR) is 57.9 cm³/mol. The van der Waals surface area contributed by atoms with Crippen LogP contribution in [-0.2, 0) is 0 Å². The second-order valence-corrected chi connectivity index (χ2v) is 4.33. The van der Waals surface area contributed by atoms with Crippen LogP contribution in [0.5, 0.6) is 0 Å². The number of hydrogen-bond acceptors (Lipinski definition) is 2. The SMILES string of the molecule is CCC(C(=S)NO)C1CCCCC1. The monoisotopic (exact) mass is 201 g/mol. The lowest BCUT2D eigenvalue weighted by molar-refractivity contribution is 0.215.